The molecule has 0 radical (unpaired) electrons. The Hall–Kier alpha value is -2.57. The number of hydrogen-bond acceptors (Lipinski definition) is 4. The van der Waals surface area contributed by atoms with Crippen LogP contribution >= 0.6 is 0 Å². The Morgan fingerprint density at radius 2 is 1.96 bits per heavy atom. The highest BCUT2D eigenvalue weighted by atomic mass is 16.5. The summed E-state index contributed by atoms with van der Waals surface area (Å²) in [4.78, 5) is 39.5. The van der Waals surface area contributed by atoms with Crippen LogP contribution in [0.3, 0.4) is 0 Å². The topological polar surface area (TPSA) is 87.2 Å². The molecule has 134 valence electrons. The molecular formula is C18H22N2O5. The van der Waals surface area contributed by atoms with Gasteiger partial charge in [0, 0.05) is 13.1 Å². The Morgan fingerprint density at radius 3 is 2.68 bits per heavy atom. The molecule has 0 aliphatic carbocycles. The average molecular weight is 346 g/mol. The number of amides is 2. The van der Waals surface area contributed by atoms with Gasteiger partial charge in [-0.25, -0.2) is 0 Å². The molecule has 1 N–H and O–H groups in total. The van der Waals surface area contributed by atoms with Crippen molar-refractivity contribution >= 4 is 23.5 Å². The van der Waals surface area contributed by atoms with Crippen LogP contribution in [-0.4, -0.2) is 53.5 Å². The number of hydrogen-bond donors (Lipinski definition) is 1. The quantitative estimate of drug-likeness (QED) is 0.893. The average Bonchev–Trinajstić information content (AvgIpc) is 2.58. The third kappa shape index (κ3) is 3.45. The molecule has 2 heterocycles. The van der Waals surface area contributed by atoms with E-state index in [4.69, 9.17) is 4.74 Å². The lowest BCUT2D eigenvalue weighted by Crippen LogP contribution is -2.52. The van der Waals surface area contributed by atoms with Crippen molar-refractivity contribution in [3.63, 3.8) is 0 Å². The summed E-state index contributed by atoms with van der Waals surface area (Å²) in [6, 6.07) is 7.10. The Labute approximate surface area is 146 Å². The van der Waals surface area contributed by atoms with Gasteiger partial charge in [0.2, 0.25) is 5.91 Å². The van der Waals surface area contributed by atoms with Crippen LogP contribution in [0.2, 0.25) is 0 Å². The second kappa shape index (κ2) is 6.74. The van der Waals surface area contributed by atoms with Crippen LogP contribution < -0.4 is 9.64 Å². The normalized spacial score (nSPS) is 26.0. The lowest BCUT2D eigenvalue weighted by atomic mass is 9.90. The molecule has 0 spiro atoms. The summed E-state index contributed by atoms with van der Waals surface area (Å²) in [5.41, 5.74) is 0.568. The van der Waals surface area contributed by atoms with Crippen LogP contribution in [-0.2, 0) is 14.4 Å². The molecule has 1 aromatic rings. The molecular weight excluding hydrogens is 324 g/mol. The van der Waals surface area contributed by atoms with Gasteiger partial charge in [-0.15, -0.1) is 0 Å². The van der Waals surface area contributed by atoms with Gasteiger partial charge in [-0.2, -0.15) is 0 Å². The van der Waals surface area contributed by atoms with E-state index in [1.165, 1.54) is 4.90 Å². The molecule has 2 amide bonds. The van der Waals surface area contributed by atoms with E-state index in [2.05, 4.69) is 0 Å². The number of rotatable bonds is 3. The fourth-order valence-electron chi connectivity index (χ4n) is 3.49. The van der Waals surface area contributed by atoms with Gasteiger partial charge < -0.3 is 14.7 Å². The van der Waals surface area contributed by atoms with Crippen molar-refractivity contribution in [2.75, 3.05) is 24.5 Å². The van der Waals surface area contributed by atoms with Crippen LogP contribution in [0.25, 0.3) is 0 Å². The SMILES string of the molecule is CC1CC(C(=O)O)CN(C(=O)CN2C(=O)C(C)Oc3ccccc32)C1. The fourth-order valence-corrected chi connectivity index (χ4v) is 3.49. The highest BCUT2D eigenvalue weighted by Gasteiger charge is 2.36. The first-order valence-corrected chi connectivity index (χ1v) is 8.44. The second-order valence-electron chi connectivity index (χ2n) is 6.83. The van der Waals surface area contributed by atoms with Gasteiger partial charge in [-0.05, 0) is 31.4 Å². The van der Waals surface area contributed by atoms with Gasteiger partial charge in [-0.3, -0.25) is 19.3 Å². The number of aliphatic carboxylic acids is 1. The molecule has 1 aromatic carbocycles. The summed E-state index contributed by atoms with van der Waals surface area (Å²) in [5.74, 6) is -1.27. The largest absolute Gasteiger partial charge is 0.481 e. The van der Waals surface area contributed by atoms with E-state index in [0.29, 0.717) is 24.4 Å². The van der Waals surface area contributed by atoms with Crippen molar-refractivity contribution in [1.82, 2.24) is 4.90 Å². The van der Waals surface area contributed by atoms with Crippen molar-refractivity contribution in [2.45, 2.75) is 26.4 Å². The summed E-state index contributed by atoms with van der Waals surface area (Å²) < 4.78 is 5.57. The lowest BCUT2D eigenvalue weighted by molar-refractivity contribution is -0.147. The number of carbonyl (C=O) groups is 3. The van der Waals surface area contributed by atoms with E-state index in [9.17, 15) is 19.5 Å². The minimum Gasteiger partial charge on any atom is -0.481 e. The Balaban J connectivity index is 1.78. The zero-order valence-electron chi connectivity index (χ0n) is 14.3. The number of benzene rings is 1. The number of anilines is 1. The maximum absolute atomic E-state index is 12.7. The van der Waals surface area contributed by atoms with Gasteiger partial charge in [0.05, 0.1) is 11.6 Å². The first-order valence-electron chi connectivity index (χ1n) is 8.44. The summed E-state index contributed by atoms with van der Waals surface area (Å²) in [6.45, 7) is 4.18. The first kappa shape index (κ1) is 17.3. The number of nitrogens with zero attached hydrogens (tertiary/aromatic N) is 2. The van der Waals surface area contributed by atoms with Crippen molar-refractivity contribution in [1.29, 1.82) is 0 Å². The lowest BCUT2D eigenvalue weighted by Gasteiger charge is -2.37. The van der Waals surface area contributed by atoms with E-state index < -0.39 is 18.0 Å². The number of carboxylic acids is 1. The van der Waals surface area contributed by atoms with E-state index in [-0.39, 0.29) is 30.8 Å². The van der Waals surface area contributed by atoms with Gasteiger partial charge in [0.25, 0.3) is 5.91 Å². The van der Waals surface area contributed by atoms with Crippen molar-refractivity contribution in [3.05, 3.63) is 24.3 Å². The smallest absolute Gasteiger partial charge is 0.308 e. The van der Waals surface area contributed by atoms with Gasteiger partial charge >= 0.3 is 5.97 Å². The molecule has 1 saturated heterocycles. The molecule has 3 rings (SSSR count). The summed E-state index contributed by atoms with van der Waals surface area (Å²) in [6.07, 6.45) is -0.0927. The molecule has 7 nitrogen and oxygen atoms in total. The minimum atomic E-state index is -0.884. The molecule has 0 aromatic heterocycles. The molecule has 0 bridgehead atoms. The molecule has 2 aliphatic heterocycles. The Bertz CT molecular complexity index is 704. The highest BCUT2D eigenvalue weighted by molar-refractivity contribution is 6.03. The number of likely N-dealkylation sites (tertiary alicyclic amines) is 1. The molecule has 3 unspecified atom stereocenters. The third-order valence-corrected chi connectivity index (χ3v) is 4.73. The van der Waals surface area contributed by atoms with Crippen LogP contribution in [0.15, 0.2) is 24.3 Å². The zero-order chi connectivity index (χ0) is 18.1. The molecule has 7 heteroatoms. The molecule has 3 atom stereocenters. The maximum atomic E-state index is 12.7. The second-order valence-corrected chi connectivity index (χ2v) is 6.83. The van der Waals surface area contributed by atoms with Gasteiger partial charge in [-0.1, -0.05) is 19.1 Å². The van der Waals surface area contributed by atoms with E-state index in [1.807, 2.05) is 13.0 Å². The molecule has 0 saturated carbocycles. The summed E-state index contributed by atoms with van der Waals surface area (Å²) in [5, 5.41) is 9.26. The van der Waals surface area contributed by atoms with E-state index in [0.717, 1.165) is 0 Å². The number of para-hydroxylation sites is 2. The molecule has 2 aliphatic rings. The van der Waals surface area contributed by atoms with Crippen molar-refractivity contribution in [3.8, 4) is 5.75 Å². The van der Waals surface area contributed by atoms with Gasteiger partial charge in [0.15, 0.2) is 6.10 Å². The predicted molar refractivity (Wildman–Crippen MR) is 90.4 cm³/mol. The number of piperidine rings is 1. The zero-order valence-corrected chi connectivity index (χ0v) is 14.3. The van der Waals surface area contributed by atoms with Crippen LogP contribution in [0.1, 0.15) is 20.3 Å². The van der Waals surface area contributed by atoms with E-state index >= 15 is 0 Å². The number of fused-ring (bicyclic) bond motifs is 1. The van der Waals surface area contributed by atoms with Crippen LogP contribution in [0, 0.1) is 11.8 Å². The molecule has 1 fully saturated rings. The summed E-state index contributed by atoms with van der Waals surface area (Å²) >= 11 is 0. The monoisotopic (exact) mass is 346 g/mol. The summed E-state index contributed by atoms with van der Waals surface area (Å²) in [7, 11) is 0. The number of carbonyl (C=O) groups excluding carboxylic acids is 2. The molecule has 25 heavy (non-hydrogen) atoms. The van der Waals surface area contributed by atoms with Crippen molar-refractivity contribution < 1.29 is 24.2 Å². The first-order chi connectivity index (χ1) is 11.9. The van der Waals surface area contributed by atoms with E-state index in [1.54, 1.807) is 30.0 Å². The van der Waals surface area contributed by atoms with Crippen molar-refractivity contribution in [2.24, 2.45) is 11.8 Å². The maximum Gasteiger partial charge on any atom is 0.308 e. The Kier molecular flexibility index (Phi) is 4.65. The Morgan fingerprint density at radius 1 is 1.24 bits per heavy atom. The number of ether oxygens (including phenoxy) is 1. The van der Waals surface area contributed by atoms with Gasteiger partial charge in [0.1, 0.15) is 12.3 Å². The number of carboxylic acid groups (broad SMARTS) is 1. The standard InChI is InChI=1S/C18H22N2O5/c1-11-7-13(18(23)24)9-19(8-11)16(21)10-20-14-5-3-4-6-15(14)25-12(2)17(20)22/h3-6,11-13H,7-10H2,1-2H3,(H,23,24). The minimum absolute atomic E-state index is 0.109. The fraction of sp³-hybridized carbons (Fsp3) is 0.500. The predicted octanol–water partition coefficient (Wildman–Crippen LogP) is 1.37. The highest BCUT2D eigenvalue weighted by Crippen LogP contribution is 2.33. The third-order valence-electron chi connectivity index (χ3n) is 4.73. The van der Waals surface area contributed by atoms with Crippen LogP contribution in [0.5, 0.6) is 5.75 Å². The van der Waals surface area contributed by atoms with Crippen LogP contribution in [0.4, 0.5) is 5.69 Å².